The van der Waals surface area contributed by atoms with Gasteiger partial charge in [-0.25, -0.2) is 16.3 Å². The van der Waals surface area contributed by atoms with Crippen LogP contribution in [0.5, 0.6) is 0 Å². The van der Waals surface area contributed by atoms with E-state index in [2.05, 4.69) is 28.3 Å². The second-order valence-electron chi connectivity index (χ2n) is 6.31. The molecule has 27 heavy (non-hydrogen) atoms. The summed E-state index contributed by atoms with van der Waals surface area (Å²) in [5.41, 5.74) is 11.4. The molecule has 1 amide bonds. The predicted octanol–water partition coefficient (Wildman–Crippen LogP) is 2.22. The standard InChI is InChI=1S/C19H21N5O3/c1-2-13-6-8-14(9-7-13)12-20-23-19(25)18-11-17(21-22-18)15-4-3-5-16(10-15)24(26)27/h3-10,12,17-18,21-22H,2,11H2,1H3,(H,23,25)/b20-12+. The van der Waals surface area contributed by atoms with Crippen molar-refractivity contribution in [3.8, 4) is 0 Å². The molecule has 2 aromatic rings. The Bertz CT molecular complexity index is 851. The minimum Gasteiger partial charge on any atom is -0.271 e. The third kappa shape index (κ3) is 4.75. The van der Waals surface area contributed by atoms with Gasteiger partial charge in [-0.05, 0) is 29.5 Å². The van der Waals surface area contributed by atoms with Gasteiger partial charge in [-0.2, -0.15) is 5.10 Å². The van der Waals surface area contributed by atoms with E-state index in [0.29, 0.717) is 6.42 Å². The molecule has 2 atom stereocenters. The van der Waals surface area contributed by atoms with Crippen molar-refractivity contribution >= 4 is 17.8 Å². The van der Waals surface area contributed by atoms with Crippen LogP contribution in [0.1, 0.15) is 36.1 Å². The fourth-order valence-electron chi connectivity index (χ4n) is 2.89. The molecule has 0 radical (unpaired) electrons. The van der Waals surface area contributed by atoms with Crippen LogP contribution in [0.4, 0.5) is 5.69 Å². The maximum Gasteiger partial charge on any atom is 0.269 e. The number of nitrogens with one attached hydrogen (secondary N) is 3. The molecule has 140 valence electrons. The first-order valence-electron chi connectivity index (χ1n) is 8.74. The number of carbonyl (C=O) groups excluding carboxylic acids is 1. The van der Waals surface area contributed by atoms with Crippen LogP contribution in [-0.4, -0.2) is 23.1 Å². The second-order valence-corrected chi connectivity index (χ2v) is 6.31. The molecule has 0 aliphatic carbocycles. The van der Waals surface area contributed by atoms with Crippen molar-refractivity contribution in [1.29, 1.82) is 0 Å². The first-order valence-corrected chi connectivity index (χ1v) is 8.74. The first kappa shape index (κ1) is 18.7. The van der Waals surface area contributed by atoms with Gasteiger partial charge >= 0.3 is 0 Å². The van der Waals surface area contributed by atoms with Crippen molar-refractivity contribution in [1.82, 2.24) is 16.3 Å². The SMILES string of the molecule is CCc1ccc(/C=N/NC(=O)C2CC(c3cccc([N+](=O)[O-])c3)NN2)cc1. The highest BCUT2D eigenvalue weighted by atomic mass is 16.6. The third-order valence-corrected chi connectivity index (χ3v) is 4.48. The Morgan fingerprint density at radius 3 is 2.78 bits per heavy atom. The van der Waals surface area contributed by atoms with E-state index in [1.54, 1.807) is 18.3 Å². The fraction of sp³-hybridized carbons (Fsp3) is 0.263. The van der Waals surface area contributed by atoms with Gasteiger partial charge in [0.25, 0.3) is 11.6 Å². The summed E-state index contributed by atoms with van der Waals surface area (Å²) in [6, 6.07) is 13.7. The van der Waals surface area contributed by atoms with Gasteiger partial charge in [-0.15, -0.1) is 0 Å². The molecule has 3 N–H and O–H groups in total. The maximum absolute atomic E-state index is 12.3. The molecule has 8 nitrogen and oxygen atoms in total. The number of nitrogens with zero attached hydrogens (tertiary/aromatic N) is 2. The molecule has 1 aliphatic heterocycles. The number of rotatable bonds is 6. The van der Waals surface area contributed by atoms with Crippen LogP contribution >= 0.6 is 0 Å². The van der Waals surface area contributed by atoms with E-state index < -0.39 is 11.0 Å². The predicted molar refractivity (Wildman–Crippen MR) is 102 cm³/mol. The summed E-state index contributed by atoms with van der Waals surface area (Å²) in [5, 5.41) is 14.9. The van der Waals surface area contributed by atoms with Crippen LogP contribution in [0.2, 0.25) is 0 Å². The Kier molecular flexibility index (Phi) is 5.90. The zero-order chi connectivity index (χ0) is 19.2. The van der Waals surface area contributed by atoms with Gasteiger partial charge in [0.05, 0.1) is 11.1 Å². The summed E-state index contributed by atoms with van der Waals surface area (Å²) in [5.74, 6) is -0.267. The fourth-order valence-corrected chi connectivity index (χ4v) is 2.89. The molecular formula is C19H21N5O3. The van der Waals surface area contributed by atoms with Crippen LogP contribution in [0, 0.1) is 10.1 Å². The van der Waals surface area contributed by atoms with Gasteiger partial charge < -0.3 is 0 Å². The summed E-state index contributed by atoms with van der Waals surface area (Å²) in [4.78, 5) is 22.7. The lowest BCUT2D eigenvalue weighted by atomic mass is 10.0. The smallest absolute Gasteiger partial charge is 0.269 e. The summed E-state index contributed by atoms with van der Waals surface area (Å²) in [6.07, 6.45) is 3.03. The highest BCUT2D eigenvalue weighted by molar-refractivity contribution is 5.85. The second kappa shape index (κ2) is 8.52. The molecule has 1 fully saturated rings. The van der Waals surface area contributed by atoms with E-state index in [9.17, 15) is 14.9 Å². The highest BCUT2D eigenvalue weighted by Gasteiger charge is 2.30. The molecule has 1 heterocycles. The molecular weight excluding hydrogens is 346 g/mol. The minimum absolute atomic E-state index is 0.0286. The number of non-ortho nitro benzene ring substituents is 1. The lowest BCUT2D eigenvalue weighted by molar-refractivity contribution is -0.384. The Balaban J connectivity index is 1.55. The molecule has 0 saturated carbocycles. The van der Waals surface area contributed by atoms with Gasteiger partial charge in [0.1, 0.15) is 6.04 Å². The molecule has 1 saturated heterocycles. The summed E-state index contributed by atoms with van der Waals surface area (Å²) >= 11 is 0. The number of nitro groups is 1. The lowest BCUT2D eigenvalue weighted by Crippen LogP contribution is -2.41. The summed E-state index contributed by atoms with van der Waals surface area (Å²) in [6.45, 7) is 2.09. The van der Waals surface area contributed by atoms with Crippen LogP contribution in [0.25, 0.3) is 0 Å². The quantitative estimate of drug-likeness (QED) is 0.412. The van der Waals surface area contributed by atoms with Crippen molar-refractivity contribution in [2.75, 3.05) is 0 Å². The molecule has 2 unspecified atom stereocenters. The van der Waals surface area contributed by atoms with Crippen LogP contribution in [0.15, 0.2) is 53.6 Å². The van der Waals surface area contributed by atoms with Crippen LogP contribution in [-0.2, 0) is 11.2 Å². The number of amides is 1. The Morgan fingerprint density at radius 2 is 2.07 bits per heavy atom. The summed E-state index contributed by atoms with van der Waals surface area (Å²) < 4.78 is 0. The number of hydrogen-bond acceptors (Lipinski definition) is 6. The van der Waals surface area contributed by atoms with Gasteiger partial charge in [0.15, 0.2) is 0 Å². The topological polar surface area (TPSA) is 109 Å². The number of aryl methyl sites for hydroxylation is 1. The molecule has 8 heteroatoms. The molecule has 1 aliphatic rings. The number of carbonyl (C=O) groups is 1. The van der Waals surface area contributed by atoms with Crippen molar-refractivity contribution < 1.29 is 9.72 Å². The minimum atomic E-state index is -0.478. The number of nitro benzene ring substituents is 1. The average molecular weight is 367 g/mol. The maximum atomic E-state index is 12.3. The Labute approximate surface area is 156 Å². The van der Waals surface area contributed by atoms with Gasteiger partial charge in [0.2, 0.25) is 0 Å². The number of hydrogen-bond donors (Lipinski definition) is 3. The van der Waals surface area contributed by atoms with Gasteiger partial charge in [-0.3, -0.25) is 14.9 Å². The van der Waals surface area contributed by atoms with Gasteiger partial charge in [0, 0.05) is 18.2 Å². The molecule has 0 bridgehead atoms. The van der Waals surface area contributed by atoms with E-state index in [4.69, 9.17) is 0 Å². The normalized spacial score (nSPS) is 19.3. The van der Waals surface area contributed by atoms with E-state index in [1.807, 2.05) is 24.3 Å². The molecule has 0 aromatic heterocycles. The number of hydrazone groups is 1. The molecule has 2 aromatic carbocycles. The Hall–Kier alpha value is -3.10. The van der Waals surface area contributed by atoms with E-state index in [0.717, 1.165) is 17.5 Å². The number of benzene rings is 2. The van der Waals surface area contributed by atoms with E-state index >= 15 is 0 Å². The highest BCUT2D eigenvalue weighted by Crippen LogP contribution is 2.25. The van der Waals surface area contributed by atoms with Crippen molar-refractivity contribution in [3.05, 3.63) is 75.3 Å². The van der Waals surface area contributed by atoms with Crippen molar-refractivity contribution in [3.63, 3.8) is 0 Å². The van der Waals surface area contributed by atoms with E-state index in [1.165, 1.54) is 17.7 Å². The monoisotopic (exact) mass is 367 g/mol. The third-order valence-electron chi connectivity index (χ3n) is 4.48. The van der Waals surface area contributed by atoms with Crippen molar-refractivity contribution in [2.45, 2.75) is 31.8 Å². The Morgan fingerprint density at radius 1 is 1.30 bits per heavy atom. The zero-order valence-electron chi connectivity index (χ0n) is 14.9. The zero-order valence-corrected chi connectivity index (χ0v) is 14.9. The average Bonchev–Trinajstić information content (AvgIpc) is 3.19. The molecule has 0 spiro atoms. The largest absolute Gasteiger partial charge is 0.271 e. The molecule has 3 rings (SSSR count). The van der Waals surface area contributed by atoms with E-state index in [-0.39, 0.29) is 17.6 Å². The lowest BCUT2D eigenvalue weighted by Gasteiger charge is -2.09. The first-order chi connectivity index (χ1) is 13.1. The summed E-state index contributed by atoms with van der Waals surface area (Å²) in [7, 11) is 0. The van der Waals surface area contributed by atoms with Crippen LogP contribution in [0.3, 0.4) is 0 Å². The van der Waals surface area contributed by atoms with Crippen LogP contribution < -0.4 is 16.3 Å². The van der Waals surface area contributed by atoms with Gasteiger partial charge in [-0.1, -0.05) is 43.3 Å². The number of hydrazine groups is 1. The van der Waals surface area contributed by atoms with Crippen molar-refractivity contribution in [2.24, 2.45) is 5.10 Å².